The SMILES string of the molecule is C=CCN(C(=O)C1N([C@H](C)CO)C(=O)[C@@H]2[C@@H](C(=O)N(CC=C)c3ccccc3)[C@@]3(CC)CCC12O3)c1ccc2ccccc2c1. The van der Waals surface area contributed by atoms with Crippen LogP contribution in [0.2, 0.25) is 0 Å². The first-order chi connectivity index (χ1) is 21.8. The molecule has 3 aliphatic rings. The van der Waals surface area contributed by atoms with Crippen molar-refractivity contribution in [2.24, 2.45) is 11.8 Å². The van der Waals surface area contributed by atoms with Crippen molar-refractivity contribution in [1.82, 2.24) is 4.90 Å². The second kappa shape index (κ2) is 11.9. The minimum atomic E-state index is -1.22. The number of aliphatic hydroxyl groups excluding tert-OH is 1. The van der Waals surface area contributed by atoms with E-state index in [9.17, 15) is 19.5 Å². The van der Waals surface area contributed by atoms with E-state index in [1.807, 2.05) is 79.7 Å². The van der Waals surface area contributed by atoms with Gasteiger partial charge in [0, 0.05) is 24.5 Å². The fourth-order valence-corrected chi connectivity index (χ4v) is 8.04. The van der Waals surface area contributed by atoms with Gasteiger partial charge in [0.15, 0.2) is 0 Å². The third-order valence-electron chi connectivity index (χ3n) is 10.1. The lowest BCUT2D eigenvalue weighted by atomic mass is 9.64. The molecule has 3 aliphatic heterocycles. The zero-order valence-electron chi connectivity index (χ0n) is 26.0. The largest absolute Gasteiger partial charge is 0.394 e. The molecule has 6 atom stereocenters. The second-order valence-electron chi connectivity index (χ2n) is 12.5. The summed E-state index contributed by atoms with van der Waals surface area (Å²) in [5.74, 6) is -2.53. The van der Waals surface area contributed by atoms with Gasteiger partial charge < -0.3 is 24.5 Å². The molecule has 3 aromatic carbocycles. The van der Waals surface area contributed by atoms with Crippen LogP contribution in [0.15, 0.2) is 98.1 Å². The Morgan fingerprint density at radius 3 is 2.24 bits per heavy atom. The molecule has 8 nitrogen and oxygen atoms in total. The Bertz CT molecular complexity index is 1640. The fourth-order valence-electron chi connectivity index (χ4n) is 8.04. The predicted octanol–water partition coefficient (Wildman–Crippen LogP) is 5.11. The predicted molar refractivity (Wildman–Crippen MR) is 176 cm³/mol. The van der Waals surface area contributed by atoms with Crippen molar-refractivity contribution >= 4 is 39.9 Å². The van der Waals surface area contributed by atoms with Gasteiger partial charge in [0.2, 0.25) is 11.8 Å². The van der Waals surface area contributed by atoms with Gasteiger partial charge in [0.05, 0.1) is 30.1 Å². The number of aliphatic hydroxyl groups is 1. The molecule has 1 N–H and O–H groups in total. The maximum atomic E-state index is 14.9. The lowest BCUT2D eigenvalue weighted by Crippen LogP contribution is -2.58. The highest BCUT2D eigenvalue weighted by molar-refractivity contribution is 6.07. The molecule has 0 radical (unpaired) electrons. The van der Waals surface area contributed by atoms with Crippen molar-refractivity contribution in [3.05, 3.63) is 98.1 Å². The summed E-state index contributed by atoms with van der Waals surface area (Å²) in [5.41, 5.74) is -0.738. The van der Waals surface area contributed by atoms with E-state index in [0.29, 0.717) is 30.6 Å². The van der Waals surface area contributed by atoms with E-state index in [-0.39, 0.29) is 37.4 Å². The summed E-state index contributed by atoms with van der Waals surface area (Å²) in [6.07, 6.45) is 4.86. The first kappa shape index (κ1) is 30.7. The summed E-state index contributed by atoms with van der Waals surface area (Å²) in [7, 11) is 0. The molecule has 234 valence electrons. The quantitative estimate of drug-likeness (QED) is 0.306. The minimum Gasteiger partial charge on any atom is -0.394 e. The first-order valence-corrected chi connectivity index (χ1v) is 15.8. The van der Waals surface area contributed by atoms with Crippen molar-refractivity contribution < 1.29 is 24.2 Å². The minimum absolute atomic E-state index is 0.215. The highest BCUT2D eigenvalue weighted by Crippen LogP contribution is 2.65. The number of amides is 3. The van der Waals surface area contributed by atoms with E-state index in [4.69, 9.17) is 4.74 Å². The van der Waals surface area contributed by atoms with Crippen LogP contribution < -0.4 is 9.80 Å². The van der Waals surface area contributed by atoms with Gasteiger partial charge >= 0.3 is 0 Å². The number of fused-ring (bicyclic) bond motifs is 2. The highest BCUT2D eigenvalue weighted by atomic mass is 16.5. The summed E-state index contributed by atoms with van der Waals surface area (Å²) in [5, 5.41) is 12.4. The molecule has 1 spiro atoms. The number of likely N-dealkylation sites (tertiary alicyclic amines) is 1. The van der Waals surface area contributed by atoms with Crippen molar-refractivity contribution in [1.29, 1.82) is 0 Å². The molecule has 3 aromatic rings. The first-order valence-electron chi connectivity index (χ1n) is 15.8. The van der Waals surface area contributed by atoms with Crippen LogP contribution in [0.3, 0.4) is 0 Å². The zero-order valence-corrected chi connectivity index (χ0v) is 26.0. The molecule has 2 bridgehead atoms. The van der Waals surface area contributed by atoms with Crippen LogP contribution in [-0.4, -0.2) is 70.7 Å². The van der Waals surface area contributed by atoms with Crippen molar-refractivity contribution in [3.63, 3.8) is 0 Å². The van der Waals surface area contributed by atoms with Gasteiger partial charge in [-0.1, -0.05) is 67.6 Å². The molecule has 3 heterocycles. The van der Waals surface area contributed by atoms with E-state index in [0.717, 1.165) is 10.8 Å². The van der Waals surface area contributed by atoms with Crippen molar-refractivity contribution in [2.45, 2.75) is 56.4 Å². The van der Waals surface area contributed by atoms with Gasteiger partial charge in [-0.15, -0.1) is 13.2 Å². The monoisotopic (exact) mass is 607 g/mol. The van der Waals surface area contributed by atoms with Gasteiger partial charge in [0.25, 0.3) is 5.91 Å². The van der Waals surface area contributed by atoms with Gasteiger partial charge in [-0.3, -0.25) is 14.4 Å². The van der Waals surface area contributed by atoms with Crippen LogP contribution in [0.25, 0.3) is 10.8 Å². The smallest absolute Gasteiger partial charge is 0.253 e. The van der Waals surface area contributed by atoms with Gasteiger partial charge in [-0.2, -0.15) is 0 Å². The summed E-state index contributed by atoms with van der Waals surface area (Å²) < 4.78 is 6.99. The fraction of sp³-hybridized carbons (Fsp3) is 0.378. The molecular weight excluding hydrogens is 566 g/mol. The number of carbonyl (C=O) groups is 3. The lowest BCUT2D eigenvalue weighted by Gasteiger charge is -2.38. The summed E-state index contributed by atoms with van der Waals surface area (Å²) >= 11 is 0. The molecule has 0 aromatic heterocycles. The van der Waals surface area contributed by atoms with Crippen molar-refractivity contribution in [3.8, 4) is 0 Å². The Labute approximate surface area is 264 Å². The molecule has 3 fully saturated rings. The highest BCUT2D eigenvalue weighted by Gasteiger charge is 2.79. The Morgan fingerprint density at radius 2 is 1.60 bits per heavy atom. The number of rotatable bonds is 11. The molecule has 0 aliphatic carbocycles. The lowest BCUT2D eigenvalue weighted by molar-refractivity contribution is -0.149. The second-order valence-corrected chi connectivity index (χ2v) is 12.5. The van der Waals surface area contributed by atoms with Crippen LogP contribution in [0.5, 0.6) is 0 Å². The van der Waals surface area contributed by atoms with E-state index in [2.05, 4.69) is 13.2 Å². The number of anilines is 2. The van der Waals surface area contributed by atoms with E-state index in [1.54, 1.807) is 28.9 Å². The summed E-state index contributed by atoms with van der Waals surface area (Å²) in [6.45, 7) is 11.7. The van der Waals surface area contributed by atoms with E-state index >= 15 is 0 Å². The van der Waals surface area contributed by atoms with Gasteiger partial charge in [-0.05, 0) is 61.2 Å². The number of benzene rings is 3. The van der Waals surface area contributed by atoms with E-state index in [1.165, 1.54) is 4.90 Å². The molecule has 45 heavy (non-hydrogen) atoms. The molecular formula is C37H41N3O5. The zero-order chi connectivity index (χ0) is 31.9. The van der Waals surface area contributed by atoms with E-state index < -0.39 is 35.1 Å². The van der Waals surface area contributed by atoms with Crippen LogP contribution in [0, 0.1) is 11.8 Å². The van der Waals surface area contributed by atoms with Crippen LogP contribution in [0.1, 0.15) is 33.1 Å². The molecule has 3 saturated heterocycles. The third kappa shape index (κ3) is 4.70. The number of hydrogen-bond donors (Lipinski definition) is 1. The van der Waals surface area contributed by atoms with Gasteiger partial charge in [-0.25, -0.2) is 0 Å². The van der Waals surface area contributed by atoms with Crippen molar-refractivity contribution in [2.75, 3.05) is 29.5 Å². The number of carbonyl (C=O) groups excluding carboxylic acids is 3. The number of hydrogen-bond acceptors (Lipinski definition) is 5. The number of ether oxygens (including phenoxy) is 1. The molecule has 6 rings (SSSR count). The molecule has 3 amide bonds. The Hall–Kier alpha value is -4.27. The van der Waals surface area contributed by atoms with Crippen LogP contribution >= 0.6 is 0 Å². The molecule has 2 unspecified atom stereocenters. The number of para-hydroxylation sites is 1. The third-order valence-corrected chi connectivity index (χ3v) is 10.1. The number of nitrogens with zero attached hydrogens (tertiary/aromatic N) is 3. The molecule has 8 heteroatoms. The average molecular weight is 608 g/mol. The Kier molecular flexibility index (Phi) is 8.14. The summed E-state index contributed by atoms with van der Waals surface area (Å²) in [6, 6.07) is 21.4. The van der Waals surface area contributed by atoms with Crippen LogP contribution in [-0.2, 0) is 19.1 Å². The maximum Gasteiger partial charge on any atom is 0.253 e. The molecule has 0 saturated carbocycles. The van der Waals surface area contributed by atoms with Crippen LogP contribution in [0.4, 0.5) is 11.4 Å². The maximum absolute atomic E-state index is 14.9. The summed E-state index contributed by atoms with van der Waals surface area (Å²) in [4.78, 5) is 49.0. The van der Waals surface area contributed by atoms with Gasteiger partial charge in [0.1, 0.15) is 11.6 Å². The average Bonchev–Trinajstić information content (AvgIpc) is 3.68. The standard InChI is InChI=1S/C37H41N3O5/c1-5-21-38(28-15-9-8-10-16-28)33(42)30-31-34(43)40(25(4)24-41)32(37(31)20-19-36(30,7-3)45-37)35(44)39(22-6-2)29-18-17-26-13-11-12-14-27(26)23-29/h5-6,8-18,23,25,30-32,41H,1-2,7,19-22,24H2,3-4H3/t25-,30+,31+,32?,36-,37?/m1/s1. The normalized spacial score (nSPS) is 27.3. The topological polar surface area (TPSA) is 90.4 Å². The Balaban J connectivity index is 1.46. The Morgan fingerprint density at radius 1 is 0.956 bits per heavy atom.